The number of carbonyl (C=O) groups is 1. The van der Waals surface area contributed by atoms with Crippen molar-refractivity contribution >= 4 is 34.1 Å². The molecule has 0 saturated heterocycles. The zero-order valence-corrected chi connectivity index (χ0v) is 12.6. The minimum absolute atomic E-state index is 0.0933. The minimum atomic E-state index is -1.12. The second kappa shape index (κ2) is 5.74. The fraction of sp³-hybridized carbons (Fsp3) is 0.0714. The highest BCUT2D eigenvalue weighted by Gasteiger charge is 2.19. The second-order valence-corrected chi connectivity index (χ2v) is 5.27. The standard InChI is InChI=1S/C14H10F2INO2/c1-20-13-3-2-7(17)4-9(13)14(19)8-5-10(15)11(16)6-12(8)18/h2-6H,18H2,1H3. The fourth-order valence-corrected chi connectivity index (χ4v) is 2.25. The van der Waals surface area contributed by atoms with Crippen molar-refractivity contribution in [3.63, 3.8) is 0 Å². The lowest BCUT2D eigenvalue weighted by atomic mass is 10.0. The lowest BCUT2D eigenvalue weighted by molar-refractivity contribution is 0.103. The van der Waals surface area contributed by atoms with Gasteiger partial charge in [-0.25, -0.2) is 8.78 Å². The lowest BCUT2D eigenvalue weighted by Gasteiger charge is -2.10. The average Bonchev–Trinajstić information content (AvgIpc) is 2.42. The number of halogens is 3. The van der Waals surface area contributed by atoms with Gasteiger partial charge in [-0.2, -0.15) is 0 Å². The van der Waals surface area contributed by atoms with Gasteiger partial charge in [0.1, 0.15) is 5.75 Å². The molecule has 2 rings (SSSR count). The van der Waals surface area contributed by atoms with Gasteiger partial charge in [-0.1, -0.05) is 0 Å². The molecule has 2 N–H and O–H groups in total. The molecule has 2 aromatic rings. The molecule has 0 amide bonds. The number of anilines is 1. The van der Waals surface area contributed by atoms with Crippen LogP contribution < -0.4 is 10.5 Å². The number of nitrogen functional groups attached to an aromatic ring is 1. The van der Waals surface area contributed by atoms with Gasteiger partial charge >= 0.3 is 0 Å². The molecule has 104 valence electrons. The number of nitrogens with two attached hydrogens (primary N) is 1. The summed E-state index contributed by atoms with van der Waals surface area (Å²) in [5.74, 6) is -2.38. The first-order valence-electron chi connectivity index (χ1n) is 5.56. The highest BCUT2D eigenvalue weighted by Crippen LogP contribution is 2.27. The van der Waals surface area contributed by atoms with Gasteiger partial charge in [0.15, 0.2) is 17.4 Å². The fourth-order valence-electron chi connectivity index (χ4n) is 1.76. The number of hydrogen-bond donors (Lipinski definition) is 1. The van der Waals surface area contributed by atoms with Gasteiger partial charge in [0, 0.05) is 20.9 Å². The summed E-state index contributed by atoms with van der Waals surface area (Å²) in [5.41, 5.74) is 5.63. The van der Waals surface area contributed by atoms with Crippen molar-refractivity contribution in [1.29, 1.82) is 0 Å². The monoisotopic (exact) mass is 389 g/mol. The molecule has 2 aromatic carbocycles. The van der Waals surface area contributed by atoms with E-state index in [1.165, 1.54) is 7.11 Å². The second-order valence-electron chi connectivity index (χ2n) is 4.03. The van der Waals surface area contributed by atoms with E-state index in [0.717, 1.165) is 15.7 Å². The maximum absolute atomic E-state index is 13.3. The molecule has 0 atom stereocenters. The predicted octanol–water partition coefficient (Wildman–Crippen LogP) is 3.39. The van der Waals surface area contributed by atoms with Crippen molar-refractivity contribution in [2.75, 3.05) is 12.8 Å². The van der Waals surface area contributed by atoms with Crippen LogP contribution >= 0.6 is 22.6 Å². The molecular formula is C14H10F2INO2. The summed E-state index contributed by atoms with van der Waals surface area (Å²) in [4.78, 5) is 12.4. The first-order valence-corrected chi connectivity index (χ1v) is 6.64. The first-order chi connectivity index (χ1) is 9.43. The molecule has 0 heterocycles. The Labute approximate surface area is 127 Å². The van der Waals surface area contributed by atoms with Crippen LogP contribution in [0.1, 0.15) is 15.9 Å². The molecule has 0 fully saturated rings. The van der Waals surface area contributed by atoms with E-state index in [-0.39, 0.29) is 16.8 Å². The van der Waals surface area contributed by atoms with Crippen LogP contribution in [-0.2, 0) is 0 Å². The minimum Gasteiger partial charge on any atom is -0.496 e. The smallest absolute Gasteiger partial charge is 0.198 e. The summed E-state index contributed by atoms with van der Waals surface area (Å²) in [5, 5.41) is 0. The Morgan fingerprint density at radius 3 is 2.45 bits per heavy atom. The van der Waals surface area contributed by atoms with Crippen LogP contribution in [0.25, 0.3) is 0 Å². The summed E-state index contributed by atoms with van der Waals surface area (Å²) in [6.07, 6.45) is 0. The van der Waals surface area contributed by atoms with Crippen LogP contribution in [0.2, 0.25) is 0 Å². The summed E-state index contributed by atoms with van der Waals surface area (Å²) >= 11 is 2.04. The Balaban J connectivity index is 2.57. The van der Waals surface area contributed by atoms with Gasteiger partial charge in [0.2, 0.25) is 0 Å². The van der Waals surface area contributed by atoms with E-state index >= 15 is 0 Å². The molecule has 0 unspecified atom stereocenters. The highest BCUT2D eigenvalue weighted by molar-refractivity contribution is 14.1. The van der Waals surface area contributed by atoms with E-state index in [0.29, 0.717) is 5.75 Å². The van der Waals surface area contributed by atoms with Crippen LogP contribution in [0.5, 0.6) is 5.75 Å². The van der Waals surface area contributed by atoms with Crippen molar-refractivity contribution in [1.82, 2.24) is 0 Å². The number of hydrogen-bond acceptors (Lipinski definition) is 3. The average molecular weight is 389 g/mol. The van der Waals surface area contributed by atoms with E-state index in [4.69, 9.17) is 10.5 Å². The van der Waals surface area contributed by atoms with Crippen LogP contribution in [-0.4, -0.2) is 12.9 Å². The first kappa shape index (κ1) is 14.7. The van der Waals surface area contributed by atoms with Gasteiger partial charge in [-0.15, -0.1) is 0 Å². The molecule has 0 bridgehead atoms. The molecular weight excluding hydrogens is 379 g/mol. The number of rotatable bonds is 3. The Kier molecular flexibility index (Phi) is 4.22. The van der Waals surface area contributed by atoms with Gasteiger partial charge in [0.05, 0.1) is 12.7 Å². The largest absolute Gasteiger partial charge is 0.496 e. The van der Waals surface area contributed by atoms with E-state index in [9.17, 15) is 13.6 Å². The van der Waals surface area contributed by atoms with E-state index < -0.39 is 17.4 Å². The quantitative estimate of drug-likeness (QED) is 0.498. The maximum Gasteiger partial charge on any atom is 0.198 e. The zero-order chi connectivity index (χ0) is 14.9. The van der Waals surface area contributed by atoms with Crippen LogP contribution in [0.4, 0.5) is 14.5 Å². The van der Waals surface area contributed by atoms with E-state index in [2.05, 4.69) is 0 Å². The molecule has 3 nitrogen and oxygen atoms in total. The third kappa shape index (κ3) is 2.74. The number of ketones is 1. The predicted molar refractivity (Wildman–Crippen MR) is 79.9 cm³/mol. The topological polar surface area (TPSA) is 52.3 Å². The van der Waals surface area contributed by atoms with Crippen LogP contribution in [0, 0.1) is 15.2 Å². The summed E-state index contributed by atoms with van der Waals surface area (Å²) < 4.78 is 32.2. The molecule has 0 aliphatic heterocycles. The number of benzene rings is 2. The maximum atomic E-state index is 13.3. The van der Waals surface area contributed by atoms with Gasteiger partial charge in [-0.3, -0.25) is 4.79 Å². The molecule has 0 aliphatic rings. The molecule has 0 spiro atoms. The number of ether oxygens (including phenoxy) is 1. The summed E-state index contributed by atoms with van der Waals surface area (Å²) in [6.45, 7) is 0. The molecule has 0 aromatic heterocycles. The van der Waals surface area contributed by atoms with Crippen molar-refractivity contribution < 1.29 is 18.3 Å². The summed E-state index contributed by atoms with van der Waals surface area (Å²) in [7, 11) is 1.42. The summed E-state index contributed by atoms with van der Waals surface area (Å²) in [6, 6.07) is 6.59. The number of carbonyl (C=O) groups excluding carboxylic acids is 1. The van der Waals surface area contributed by atoms with Gasteiger partial charge in [-0.05, 0) is 46.9 Å². The third-order valence-corrected chi connectivity index (χ3v) is 3.41. The van der Waals surface area contributed by atoms with Crippen LogP contribution in [0.15, 0.2) is 30.3 Å². The van der Waals surface area contributed by atoms with Crippen molar-refractivity contribution in [3.05, 3.63) is 56.7 Å². The Bertz CT molecular complexity index is 689. The lowest BCUT2D eigenvalue weighted by Crippen LogP contribution is -2.09. The van der Waals surface area contributed by atoms with Gasteiger partial charge < -0.3 is 10.5 Å². The number of methoxy groups -OCH3 is 1. The highest BCUT2D eigenvalue weighted by atomic mass is 127. The van der Waals surface area contributed by atoms with E-state index in [1.54, 1.807) is 18.2 Å². The van der Waals surface area contributed by atoms with E-state index in [1.807, 2.05) is 22.6 Å². The van der Waals surface area contributed by atoms with Crippen molar-refractivity contribution in [2.45, 2.75) is 0 Å². The van der Waals surface area contributed by atoms with Crippen molar-refractivity contribution in [2.24, 2.45) is 0 Å². The SMILES string of the molecule is COc1ccc(I)cc1C(=O)c1cc(F)c(F)cc1N. The molecule has 20 heavy (non-hydrogen) atoms. The Hall–Kier alpha value is -1.70. The normalized spacial score (nSPS) is 10.4. The van der Waals surface area contributed by atoms with Gasteiger partial charge in [0.25, 0.3) is 0 Å². The Morgan fingerprint density at radius 2 is 1.80 bits per heavy atom. The Morgan fingerprint density at radius 1 is 1.15 bits per heavy atom. The zero-order valence-electron chi connectivity index (χ0n) is 10.4. The molecule has 0 aliphatic carbocycles. The van der Waals surface area contributed by atoms with Crippen LogP contribution in [0.3, 0.4) is 0 Å². The molecule has 0 saturated carbocycles. The molecule has 6 heteroatoms. The third-order valence-electron chi connectivity index (χ3n) is 2.74. The van der Waals surface area contributed by atoms with Crippen molar-refractivity contribution in [3.8, 4) is 5.75 Å². The molecule has 0 radical (unpaired) electrons.